The molecule has 0 amide bonds. The van der Waals surface area contributed by atoms with Gasteiger partial charge in [0.2, 0.25) is 0 Å². The number of aromatic nitrogens is 2. The van der Waals surface area contributed by atoms with Crippen LogP contribution in [0.15, 0.2) is 36.6 Å². The molecule has 118 valence electrons. The molecule has 0 spiro atoms. The second-order valence-electron chi connectivity index (χ2n) is 6.81. The molecule has 2 aromatic carbocycles. The van der Waals surface area contributed by atoms with Crippen LogP contribution in [0.1, 0.15) is 43.4 Å². The fourth-order valence-electron chi connectivity index (χ4n) is 3.17. The highest BCUT2D eigenvalue weighted by Crippen LogP contribution is 2.30. The number of hydrogen-bond acceptors (Lipinski definition) is 1. The minimum Gasteiger partial charge on any atom is -0.232 e. The molecule has 1 heterocycles. The molecule has 0 aliphatic carbocycles. The number of nitrogens with zero attached hydrogens (tertiary/aromatic N) is 2. The van der Waals surface area contributed by atoms with Crippen LogP contribution < -0.4 is 4.57 Å². The van der Waals surface area contributed by atoms with E-state index in [0.29, 0.717) is 5.92 Å². The third-order valence-corrected chi connectivity index (χ3v) is 4.67. The topological polar surface area (TPSA) is 16.8 Å². The van der Waals surface area contributed by atoms with Crippen molar-refractivity contribution in [2.75, 3.05) is 0 Å². The first kappa shape index (κ1) is 14.4. The zero-order valence-corrected chi connectivity index (χ0v) is 14.9. The smallest absolute Gasteiger partial charge is 0.232 e. The van der Waals surface area contributed by atoms with Crippen LogP contribution in [0.3, 0.4) is 0 Å². The Balaban J connectivity index is 2.41. The molecule has 0 saturated heterocycles. The van der Waals surface area contributed by atoms with Gasteiger partial charge in [-0.3, -0.25) is 0 Å². The van der Waals surface area contributed by atoms with E-state index in [1.54, 1.807) is 0 Å². The summed E-state index contributed by atoms with van der Waals surface area (Å²) in [5.41, 5.74) is 8.20. The van der Waals surface area contributed by atoms with Gasteiger partial charge in [-0.1, -0.05) is 31.5 Å². The zero-order valence-electron chi connectivity index (χ0n) is 15.9. The van der Waals surface area contributed by atoms with Crippen molar-refractivity contribution in [1.82, 2.24) is 4.98 Å². The van der Waals surface area contributed by atoms with Crippen LogP contribution in [0.5, 0.6) is 0 Å². The monoisotopic (exact) mass is 306 g/mol. The van der Waals surface area contributed by atoms with Gasteiger partial charge in [0, 0.05) is 5.56 Å². The summed E-state index contributed by atoms with van der Waals surface area (Å²) in [5, 5.41) is 1.10. The van der Waals surface area contributed by atoms with Gasteiger partial charge in [-0.25, -0.2) is 4.57 Å². The maximum Gasteiger partial charge on any atom is 0.287 e. The number of fused-ring (bicyclic) bond motifs is 1. The molecule has 0 saturated carbocycles. The van der Waals surface area contributed by atoms with Gasteiger partial charge in [0.05, 0.1) is 12.4 Å². The first-order chi connectivity index (χ1) is 11.3. The van der Waals surface area contributed by atoms with E-state index in [2.05, 4.69) is 69.9 Å². The molecule has 3 aromatic rings. The lowest BCUT2D eigenvalue weighted by Crippen LogP contribution is -2.32. The second kappa shape index (κ2) is 5.77. The van der Waals surface area contributed by atoms with Crippen molar-refractivity contribution in [3.8, 4) is 11.3 Å². The van der Waals surface area contributed by atoms with Crippen molar-refractivity contribution in [3.05, 3.63) is 58.9 Å². The van der Waals surface area contributed by atoms with E-state index in [0.717, 1.165) is 16.6 Å². The molecule has 0 atom stereocenters. The van der Waals surface area contributed by atoms with Crippen molar-refractivity contribution in [2.45, 2.75) is 40.5 Å². The first-order valence-corrected chi connectivity index (χ1v) is 8.18. The summed E-state index contributed by atoms with van der Waals surface area (Å²) in [4.78, 5) is 4.51. The van der Waals surface area contributed by atoms with E-state index in [1.165, 1.54) is 27.8 Å². The Morgan fingerprint density at radius 1 is 1.09 bits per heavy atom. The van der Waals surface area contributed by atoms with Gasteiger partial charge >= 0.3 is 0 Å². The summed E-state index contributed by atoms with van der Waals surface area (Å²) < 4.78 is 10.2. The standard InChI is InChI=1S/C21H25N2/c1-13(2)17-7-8-18-20(11-17)22-12-23(6)21(18)19-10-14(3)9-15(4)16(19)5/h7-13H,1-6H3/q+1/i12D. The number of aryl methyl sites for hydroxylation is 2. The first-order valence-electron chi connectivity index (χ1n) is 8.68. The lowest BCUT2D eigenvalue weighted by Gasteiger charge is -2.13. The highest BCUT2D eigenvalue weighted by Gasteiger charge is 2.18. The Labute approximate surface area is 140 Å². The summed E-state index contributed by atoms with van der Waals surface area (Å²) in [7, 11) is 1.93. The largest absolute Gasteiger partial charge is 0.287 e. The summed E-state index contributed by atoms with van der Waals surface area (Å²) in [5.74, 6) is 0.450. The Morgan fingerprint density at radius 3 is 2.52 bits per heavy atom. The molecule has 1 aromatic heterocycles. The molecular formula is C21H25N2+. The van der Waals surface area contributed by atoms with Crippen LogP contribution in [-0.4, -0.2) is 4.98 Å². The molecule has 23 heavy (non-hydrogen) atoms. The van der Waals surface area contributed by atoms with Gasteiger partial charge in [-0.15, -0.1) is 0 Å². The van der Waals surface area contributed by atoms with Crippen molar-refractivity contribution < 1.29 is 5.94 Å². The van der Waals surface area contributed by atoms with Crippen LogP contribution in [0.2, 0.25) is 0 Å². The Kier molecular flexibility index (Phi) is 3.60. The third kappa shape index (κ3) is 2.74. The maximum atomic E-state index is 8.30. The van der Waals surface area contributed by atoms with Crippen LogP contribution in [-0.2, 0) is 7.05 Å². The fourth-order valence-corrected chi connectivity index (χ4v) is 3.17. The van der Waals surface area contributed by atoms with E-state index in [1.807, 2.05) is 11.6 Å². The van der Waals surface area contributed by atoms with Gasteiger partial charge in [0.15, 0.2) is 6.89 Å². The SMILES string of the molecule is [2H]c1nc2cc(C(C)C)ccc2c(-c2cc(C)cc(C)c2C)[n+]1C. The van der Waals surface area contributed by atoms with Gasteiger partial charge < -0.3 is 0 Å². The summed E-state index contributed by atoms with van der Waals surface area (Å²) in [6.45, 7) is 10.8. The predicted molar refractivity (Wildman–Crippen MR) is 96.7 cm³/mol. The average molecular weight is 306 g/mol. The lowest BCUT2D eigenvalue weighted by molar-refractivity contribution is -0.662. The maximum absolute atomic E-state index is 8.30. The molecule has 0 aliphatic heterocycles. The minimum absolute atomic E-state index is 0.289. The molecule has 0 N–H and O–H groups in total. The third-order valence-electron chi connectivity index (χ3n) is 4.67. The van der Waals surface area contributed by atoms with Crippen molar-refractivity contribution in [2.24, 2.45) is 7.05 Å². The molecule has 2 nitrogen and oxygen atoms in total. The molecular weight excluding hydrogens is 280 g/mol. The highest BCUT2D eigenvalue weighted by molar-refractivity contribution is 5.92. The number of benzene rings is 2. The lowest BCUT2D eigenvalue weighted by atomic mass is 9.94. The molecule has 0 radical (unpaired) electrons. The van der Waals surface area contributed by atoms with E-state index in [4.69, 9.17) is 1.37 Å². The Hall–Kier alpha value is -2.22. The van der Waals surface area contributed by atoms with Gasteiger partial charge in [0.1, 0.15) is 5.69 Å². The zero-order chi connectivity index (χ0) is 17.6. The van der Waals surface area contributed by atoms with E-state index in [-0.39, 0.29) is 6.30 Å². The van der Waals surface area contributed by atoms with Crippen LogP contribution in [0, 0.1) is 20.8 Å². The van der Waals surface area contributed by atoms with E-state index < -0.39 is 0 Å². The minimum atomic E-state index is 0.289. The Morgan fingerprint density at radius 2 is 1.83 bits per heavy atom. The predicted octanol–water partition coefficient (Wildman–Crippen LogP) is 4.77. The molecule has 0 fully saturated rings. The molecule has 0 bridgehead atoms. The van der Waals surface area contributed by atoms with Gasteiger partial charge in [-0.05, 0) is 66.6 Å². The highest BCUT2D eigenvalue weighted by atomic mass is 15.0. The van der Waals surface area contributed by atoms with Crippen LogP contribution >= 0.6 is 0 Å². The Bertz CT molecular complexity index is 942. The molecule has 0 aliphatic rings. The summed E-state index contributed by atoms with van der Waals surface area (Å²) >= 11 is 0. The van der Waals surface area contributed by atoms with E-state index >= 15 is 0 Å². The van der Waals surface area contributed by atoms with Crippen molar-refractivity contribution >= 4 is 10.9 Å². The van der Waals surface area contributed by atoms with Crippen LogP contribution in [0.4, 0.5) is 0 Å². The number of rotatable bonds is 2. The molecule has 3 rings (SSSR count). The molecule has 0 unspecified atom stereocenters. The van der Waals surface area contributed by atoms with Gasteiger partial charge in [-0.2, -0.15) is 0 Å². The van der Waals surface area contributed by atoms with Crippen molar-refractivity contribution in [3.63, 3.8) is 0 Å². The van der Waals surface area contributed by atoms with Crippen molar-refractivity contribution in [1.29, 1.82) is 0 Å². The summed E-state index contributed by atoms with van der Waals surface area (Å²) in [6, 6.07) is 10.9. The number of hydrogen-bond donors (Lipinski definition) is 0. The fraction of sp³-hybridized carbons (Fsp3) is 0.333. The normalized spacial score (nSPS) is 12.0. The quantitative estimate of drug-likeness (QED) is 0.623. The van der Waals surface area contributed by atoms with Crippen LogP contribution in [0.25, 0.3) is 22.2 Å². The average Bonchev–Trinajstić information content (AvgIpc) is 2.52. The van der Waals surface area contributed by atoms with Gasteiger partial charge in [0.25, 0.3) is 6.30 Å². The van der Waals surface area contributed by atoms with E-state index in [9.17, 15) is 0 Å². The second-order valence-corrected chi connectivity index (χ2v) is 6.81. The molecule has 2 heteroatoms. The summed E-state index contributed by atoms with van der Waals surface area (Å²) in [6.07, 6.45) is 0.289.